The molecule has 2 N–H and O–H groups in total. The number of aliphatic carboxylic acids is 1. The summed E-state index contributed by atoms with van der Waals surface area (Å²) in [6, 6.07) is 0.288. The van der Waals surface area contributed by atoms with E-state index < -0.39 is 5.97 Å². The summed E-state index contributed by atoms with van der Waals surface area (Å²) in [6.07, 6.45) is 4.00. The number of piperidine rings is 1. The molecule has 2 fully saturated rings. The summed E-state index contributed by atoms with van der Waals surface area (Å²) >= 11 is 0. The summed E-state index contributed by atoms with van der Waals surface area (Å²) in [5.74, 6) is -0.696. The largest absolute Gasteiger partial charge is 0.481 e. The molecule has 18 heavy (non-hydrogen) atoms. The number of rotatable bonds is 5. The van der Waals surface area contributed by atoms with Crippen molar-refractivity contribution in [2.75, 3.05) is 19.6 Å². The molecule has 5 heteroatoms. The van der Waals surface area contributed by atoms with Crippen LogP contribution in [0.15, 0.2) is 0 Å². The van der Waals surface area contributed by atoms with Gasteiger partial charge < -0.3 is 15.3 Å². The highest BCUT2D eigenvalue weighted by atomic mass is 16.4. The second-order valence-electron chi connectivity index (χ2n) is 5.71. The molecule has 0 aromatic heterocycles. The number of amides is 1. The van der Waals surface area contributed by atoms with Crippen LogP contribution >= 0.6 is 0 Å². The first kappa shape index (κ1) is 13.3. The van der Waals surface area contributed by atoms with E-state index in [-0.39, 0.29) is 23.8 Å². The normalized spacial score (nSPS) is 27.8. The Hall–Kier alpha value is -1.10. The fraction of sp³-hybridized carbons (Fsp3) is 0.846. The van der Waals surface area contributed by atoms with Gasteiger partial charge in [0.1, 0.15) is 0 Å². The van der Waals surface area contributed by atoms with Crippen molar-refractivity contribution in [2.24, 2.45) is 5.41 Å². The van der Waals surface area contributed by atoms with Crippen LogP contribution in [0.2, 0.25) is 0 Å². The van der Waals surface area contributed by atoms with Crippen LogP contribution < -0.4 is 5.32 Å². The lowest BCUT2D eigenvalue weighted by molar-refractivity contribution is -0.144. The Morgan fingerprint density at radius 1 is 1.44 bits per heavy atom. The van der Waals surface area contributed by atoms with Gasteiger partial charge in [0.2, 0.25) is 5.91 Å². The quantitative estimate of drug-likeness (QED) is 0.763. The molecule has 0 radical (unpaired) electrons. The predicted octanol–water partition coefficient (Wildman–Crippen LogP) is 0.842. The Balaban J connectivity index is 2.00. The zero-order valence-corrected chi connectivity index (χ0v) is 10.9. The second kappa shape index (κ2) is 5.26. The maximum absolute atomic E-state index is 12.6. The molecular formula is C13H22N2O3. The van der Waals surface area contributed by atoms with E-state index >= 15 is 0 Å². The van der Waals surface area contributed by atoms with Gasteiger partial charge in [-0.2, -0.15) is 0 Å². The number of nitrogens with zero attached hydrogens (tertiary/aromatic N) is 1. The van der Waals surface area contributed by atoms with E-state index in [1.165, 1.54) is 0 Å². The second-order valence-corrected chi connectivity index (χ2v) is 5.71. The van der Waals surface area contributed by atoms with Crippen molar-refractivity contribution in [3.63, 3.8) is 0 Å². The summed E-state index contributed by atoms with van der Waals surface area (Å²) in [4.78, 5) is 25.1. The summed E-state index contributed by atoms with van der Waals surface area (Å²) in [6.45, 7) is 4.04. The average Bonchev–Trinajstić information content (AvgIpc) is 3.14. The summed E-state index contributed by atoms with van der Waals surface area (Å²) in [7, 11) is 0. The van der Waals surface area contributed by atoms with Gasteiger partial charge in [0.05, 0.1) is 11.8 Å². The topological polar surface area (TPSA) is 69.6 Å². The minimum Gasteiger partial charge on any atom is -0.481 e. The molecule has 2 rings (SSSR count). The molecule has 1 aliphatic carbocycles. The molecule has 1 amide bonds. The van der Waals surface area contributed by atoms with E-state index in [1.54, 1.807) is 4.90 Å². The van der Waals surface area contributed by atoms with Crippen LogP contribution in [0.3, 0.4) is 0 Å². The van der Waals surface area contributed by atoms with Crippen LogP contribution in [0, 0.1) is 5.41 Å². The fourth-order valence-electron chi connectivity index (χ4n) is 2.64. The van der Waals surface area contributed by atoms with Crippen molar-refractivity contribution >= 4 is 11.9 Å². The molecule has 1 saturated heterocycles. The third-order valence-electron chi connectivity index (χ3n) is 3.93. The van der Waals surface area contributed by atoms with Gasteiger partial charge in [-0.25, -0.2) is 0 Å². The molecule has 102 valence electrons. The smallest absolute Gasteiger partial charge is 0.305 e. The maximum atomic E-state index is 12.6. The average molecular weight is 254 g/mol. The van der Waals surface area contributed by atoms with E-state index in [9.17, 15) is 9.59 Å². The molecule has 2 aliphatic rings. The van der Waals surface area contributed by atoms with E-state index in [0.29, 0.717) is 13.1 Å². The zero-order chi connectivity index (χ0) is 13.2. The first-order chi connectivity index (χ1) is 8.53. The minimum absolute atomic E-state index is 0.0474. The maximum Gasteiger partial charge on any atom is 0.305 e. The Morgan fingerprint density at radius 3 is 2.67 bits per heavy atom. The summed E-state index contributed by atoms with van der Waals surface area (Å²) < 4.78 is 0. The molecule has 5 nitrogen and oxygen atoms in total. The molecule has 0 spiro atoms. The van der Waals surface area contributed by atoms with E-state index in [1.807, 2.05) is 6.92 Å². The first-order valence-electron chi connectivity index (χ1n) is 6.76. The standard InChI is InChI=1S/C13H22N2O3/c1-13(6-2-7-14-9-13)12(18)15(10-3-4-10)8-5-11(16)17/h10,14H,2-9H2,1H3,(H,16,17). The van der Waals surface area contributed by atoms with Gasteiger partial charge in [-0.1, -0.05) is 0 Å². The van der Waals surface area contributed by atoms with Gasteiger partial charge in [0.15, 0.2) is 0 Å². The van der Waals surface area contributed by atoms with Crippen molar-refractivity contribution in [1.82, 2.24) is 10.2 Å². The highest BCUT2D eigenvalue weighted by Gasteiger charge is 2.42. The highest BCUT2D eigenvalue weighted by molar-refractivity contribution is 5.83. The van der Waals surface area contributed by atoms with Crippen molar-refractivity contribution in [1.29, 1.82) is 0 Å². The number of nitrogens with one attached hydrogen (secondary N) is 1. The van der Waals surface area contributed by atoms with Gasteiger partial charge >= 0.3 is 5.97 Å². The lowest BCUT2D eigenvalue weighted by Crippen LogP contribution is -2.51. The van der Waals surface area contributed by atoms with Crippen molar-refractivity contribution in [3.05, 3.63) is 0 Å². The molecule has 0 aromatic carbocycles. The number of carboxylic acids is 1. The molecule has 1 atom stereocenters. The Bertz CT molecular complexity index is 333. The number of carbonyl (C=O) groups excluding carboxylic acids is 1. The molecule has 0 bridgehead atoms. The monoisotopic (exact) mass is 254 g/mol. The van der Waals surface area contributed by atoms with Crippen molar-refractivity contribution in [3.8, 4) is 0 Å². The Labute approximate surface area is 108 Å². The van der Waals surface area contributed by atoms with Crippen LogP contribution in [-0.4, -0.2) is 47.6 Å². The van der Waals surface area contributed by atoms with Crippen LogP contribution in [-0.2, 0) is 9.59 Å². The third-order valence-corrected chi connectivity index (χ3v) is 3.93. The van der Waals surface area contributed by atoms with E-state index in [0.717, 1.165) is 32.2 Å². The van der Waals surface area contributed by atoms with Gasteiger partial charge in [0.25, 0.3) is 0 Å². The number of carboxylic acid groups (broad SMARTS) is 1. The number of hydrogen-bond donors (Lipinski definition) is 2. The minimum atomic E-state index is -0.833. The molecule has 0 aromatic rings. The van der Waals surface area contributed by atoms with Gasteiger partial charge in [0, 0.05) is 19.1 Å². The molecule has 1 aliphatic heterocycles. The molecule has 1 saturated carbocycles. The van der Waals surface area contributed by atoms with E-state index in [4.69, 9.17) is 5.11 Å². The molecule has 1 unspecified atom stereocenters. The SMILES string of the molecule is CC1(C(=O)N(CCC(=O)O)C2CC2)CCCNC1. The fourth-order valence-corrected chi connectivity index (χ4v) is 2.64. The highest BCUT2D eigenvalue weighted by Crippen LogP contribution is 2.34. The van der Waals surface area contributed by atoms with Crippen molar-refractivity contribution < 1.29 is 14.7 Å². The van der Waals surface area contributed by atoms with Crippen molar-refractivity contribution in [2.45, 2.75) is 45.1 Å². The van der Waals surface area contributed by atoms with E-state index in [2.05, 4.69) is 5.32 Å². The first-order valence-corrected chi connectivity index (χ1v) is 6.76. The van der Waals surface area contributed by atoms with Gasteiger partial charge in [-0.05, 0) is 39.2 Å². The van der Waals surface area contributed by atoms with Crippen LogP contribution in [0.4, 0.5) is 0 Å². The molecular weight excluding hydrogens is 232 g/mol. The molecule has 1 heterocycles. The summed E-state index contributed by atoms with van der Waals surface area (Å²) in [5, 5.41) is 12.0. The lowest BCUT2D eigenvalue weighted by atomic mass is 9.81. The number of carbonyl (C=O) groups is 2. The Morgan fingerprint density at radius 2 is 2.17 bits per heavy atom. The zero-order valence-electron chi connectivity index (χ0n) is 10.9. The third kappa shape index (κ3) is 3.02. The Kier molecular flexibility index (Phi) is 3.90. The summed E-state index contributed by atoms with van der Waals surface area (Å²) in [5.41, 5.74) is -0.348. The van der Waals surface area contributed by atoms with Crippen LogP contribution in [0.25, 0.3) is 0 Å². The van der Waals surface area contributed by atoms with Crippen LogP contribution in [0.5, 0.6) is 0 Å². The predicted molar refractivity (Wildman–Crippen MR) is 67.2 cm³/mol. The number of hydrogen-bond acceptors (Lipinski definition) is 3. The van der Waals surface area contributed by atoms with Crippen LogP contribution in [0.1, 0.15) is 39.0 Å². The van der Waals surface area contributed by atoms with Gasteiger partial charge in [-0.15, -0.1) is 0 Å². The lowest BCUT2D eigenvalue weighted by Gasteiger charge is -2.37. The van der Waals surface area contributed by atoms with Gasteiger partial charge in [-0.3, -0.25) is 9.59 Å².